The normalized spacial score (nSPS) is 39.0. The minimum atomic E-state index is -5.24. The number of aliphatic hydroxyl groups is 2. The average molecular weight is 1980 g/mol. The Kier molecular flexibility index (Phi) is 40.7. The first-order valence-corrected chi connectivity index (χ1v) is 46.6. The number of hydrogen-bond acceptors (Lipinski definition) is 43. The summed E-state index contributed by atoms with van der Waals surface area (Å²) in [6.45, 7) is 12.3. The Morgan fingerprint density at radius 3 is 0.846 bits per heavy atom. The topological polar surface area (TPSA) is 653 Å². The van der Waals surface area contributed by atoms with E-state index in [4.69, 9.17) is 123 Å². The molecule has 8 heterocycles. The van der Waals surface area contributed by atoms with Crippen molar-refractivity contribution in [2.45, 2.75) is 305 Å². The molecule has 8 aliphatic heterocycles. The highest BCUT2D eigenvalue weighted by Gasteiger charge is 2.61. The van der Waals surface area contributed by atoms with Crippen molar-refractivity contribution in [1.82, 2.24) is 0 Å². The maximum absolute atomic E-state index is 12.4. The van der Waals surface area contributed by atoms with Crippen LogP contribution in [0.1, 0.15) is 91.5 Å². The van der Waals surface area contributed by atoms with Crippen molar-refractivity contribution in [2.24, 2.45) is 50.9 Å². The summed E-state index contributed by atoms with van der Waals surface area (Å²) in [5.74, 6) is -4.70. The SMILES string of the molecule is CO[C@H]1OC(COS(=O)(=O)O)[C@@H](O[C@@H]2OC(C)[C@@H](O[C@H]3OC(CO)[C@H](O[C@@H]4OC(C)[C@@H](O[C@H]5OC(CO)[C@@H](O[C@@H]6OC(C)[C@@H](O[C@@H]7OC(COS(=O)(=O)O)[C@H](O[C@@H]8OC(C)[C@@H](C)[C@@H](OCc9ccccc9)C8OOO)[C@H](C)C7N=[N+]=[N-])[C@@H](OCc7ccccc7)C6OOO)[C@H](C)C5N=[N+]=[N-])[C@@H](OCc5ccccc5)C4OOO)[C@H](C)C3N=[N+]=[N-])[C@@H](OCc3ccccc3)C2OOO)[C@H](C)C1C. The molecule has 8 N–H and O–H groups in total. The standard InChI is InChI=1S/C83H117N9O42S2/c1-40-41(2)76(105-11)118-56(38-110-135(99,100)101)61(40)120-81-73(128-132-96)69(107-35-51-26-18-13-19-27-51)66(47(8)113-81)124-77-58(87-90-84)43(4)62(54(32-93)116-77)121-82-74(129-133-97)70(108-36-52-28-20-14-21-29-52)67(48(9)114-82)125-78-59(88-91-85)44(5)63(55(33-94)117-78)122-83-75(130-134-98)71(109-37-53-30-22-15-23-31-53)68(49(10)115-83)126-79-60(89-92-86)45(6)64(57(119-79)39-111-136(102,103)104)123-80-72(127-131-95)65(42(3)46(7)112-80)106-34-50-24-16-12-17-25-50/h12-31,40-49,54-83,93-98H,32-39H2,1-11H3,(H,99,100,101)(H,102,103,104)/t40-,41?,42-,43-,44-,45-,46?,47?,48?,49?,54?,55?,56?,57?,58?,59?,60?,61+,62-,63+,64-,65-,66-,67-,68-,69-,70-,71-,72?,73?,74?,75?,76+,77-,78-,79+,80+,81+,82+,83+/m1/s1. The Morgan fingerprint density at radius 1 is 0.309 bits per heavy atom. The lowest BCUT2D eigenvalue weighted by atomic mass is 9.84. The van der Waals surface area contributed by atoms with Gasteiger partial charge < -0.3 is 105 Å². The van der Waals surface area contributed by atoms with Crippen LogP contribution in [-0.4, -0.2) is 300 Å². The molecule has 136 heavy (non-hydrogen) atoms. The fourth-order valence-electron chi connectivity index (χ4n) is 18.2. The second-order valence-corrected chi connectivity index (χ2v) is 36.3. The molecule has 758 valence electrons. The molecule has 0 spiro atoms. The van der Waals surface area contributed by atoms with E-state index in [1.54, 1.807) is 139 Å². The second kappa shape index (κ2) is 51.2. The number of methoxy groups -OCH3 is 1. The number of nitrogens with zero attached hydrogens (tertiary/aromatic N) is 9. The first-order chi connectivity index (χ1) is 65.4. The molecule has 0 aliphatic carbocycles. The summed E-state index contributed by atoms with van der Waals surface area (Å²) in [5.41, 5.74) is 33.7. The molecule has 8 fully saturated rings. The Hall–Kier alpha value is -6.81. The van der Waals surface area contributed by atoms with Crippen LogP contribution >= 0.6 is 0 Å². The summed E-state index contributed by atoms with van der Waals surface area (Å²) in [6.07, 6.45) is -44.4. The zero-order valence-electron chi connectivity index (χ0n) is 75.6. The van der Waals surface area contributed by atoms with Crippen molar-refractivity contribution >= 4 is 20.8 Å². The molecule has 0 saturated carbocycles. The Morgan fingerprint density at radius 2 is 0.566 bits per heavy atom. The lowest BCUT2D eigenvalue weighted by Gasteiger charge is -2.52. The van der Waals surface area contributed by atoms with Crippen LogP contribution in [0.15, 0.2) is 137 Å². The van der Waals surface area contributed by atoms with Crippen molar-refractivity contribution in [3.05, 3.63) is 175 Å². The van der Waals surface area contributed by atoms with Gasteiger partial charge in [-0.3, -0.25) is 9.11 Å². The number of hydrogen-bond donors (Lipinski definition) is 8. The molecule has 0 amide bonds. The number of ether oxygens (including phenoxy) is 20. The predicted octanol–water partition coefficient (Wildman–Crippen LogP) is 8.19. The van der Waals surface area contributed by atoms with Gasteiger partial charge in [-0.15, -0.1) is 0 Å². The summed E-state index contributed by atoms with van der Waals surface area (Å²) in [4.78, 5) is 31.5. The number of aliphatic hydroxyl groups excluding tert-OH is 2. The van der Waals surface area contributed by atoms with Crippen LogP contribution in [0.3, 0.4) is 0 Å². The predicted molar refractivity (Wildman–Crippen MR) is 450 cm³/mol. The maximum Gasteiger partial charge on any atom is 0.397 e. The van der Waals surface area contributed by atoms with Crippen LogP contribution in [0.2, 0.25) is 0 Å². The van der Waals surface area contributed by atoms with Gasteiger partial charge in [-0.1, -0.05) is 198 Å². The molecular formula is C83H117N9O42S2. The highest BCUT2D eigenvalue weighted by molar-refractivity contribution is 7.81. The quantitative estimate of drug-likeness (QED) is 0.00516. The molecule has 4 aromatic carbocycles. The van der Waals surface area contributed by atoms with Gasteiger partial charge in [0.1, 0.15) is 61.0 Å². The van der Waals surface area contributed by atoms with Crippen LogP contribution in [0, 0.1) is 35.5 Å². The second-order valence-electron chi connectivity index (χ2n) is 34.1. The molecule has 12 rings (SSSR count). The third-order valence-corrected chi connectivity index (χ3v) is 26.4. The lowest BCUT2D eigenvalue weighted by Crippen LogP contribution is -2.66. The van der Waals surface area contributed by atoms with Gasteiger partial charge in [0.2, 0.25) is 0 Å². The van der Waals surface area contributed by atoms with Crippen LogP contribution in [0.4, 0.5) is 0 Å². The Balaban J connectivity index is 0.786. The molecule has 8 saturated heterocycles. The van der Waals surface area contributed by atoms with Crippen molar-refractivity contribution in [1.29, 1.82) is 0 Å². The summed E-state index contributed by atoms with van der Waals surface area (Å²) < 4.78 is 209. The van der Waals surface area contributed by atoms with Crippen molar-refractivity contribution in [3.8, 4) is 0 Å². The van der Waals surface area contributed by atoms with Crippen LogP contribution < -0.4 is 0 Å². The fourth-order valence-corrected chi connectivity index (χ4v) is 18.8. The molecule has 0 radical (unpaired) electrons. The summed E-state index contributed by atoms with van der Waals surface area (Å²) >= 11 is 0. The zero-order valence-corrected chi connectivity index (χ0v) is 77.2. The molecule has 4 aromatic rings. The molecule has 0 aromatic heterocycles. The smallest absolute Gasteiger partial charge is 0.394 e. The average Bonchev–Trinajstić information content (AvgIpc) is 0.763. The molecule has 16 unspecified atom stereocenters. The molecule has 8 aliphatic rings. The van der Waals surface area contributed by atoms with Gasteiger partial charge in [0, 0.05) is 33.7 Å². The largest absolute Gasteiger partial charge is 0.397 e. The fraction of sp³-hybridized carbons (Fsp3) is 0.711. The van der Waals surface area contributed by atoms with Gasteiger partial charge in [0.05, 0.1) is 126 Å². The van der Waals surface area contributed by atoms with E-state index in [-0.39, 0.29) is 26.4 Å². The Bertz CT molecular complexity index is 4670. The molecule has 0 bridgehead atoms. The van der Waals surface area contributed by atoms with E-state index in [0.717, 1.165) is 5.56 Å². The third-order valence-electron chi connectivity index (χ3n) is 25.6. The van der Waals surface area contributed by atoms with Crippen LogP contribution in [0.25, 0.3) is 31.3 Å². The van der Waals surface area contributed by atoms with E-state index >= 15 is 0 Å². The first kappa shape index (κ1) is 108. The number of benzene rings is 4. The first-order valence-electron chi connectivity index (χ1n) is 43.8. The van der Waals surface area contributed by atoms with E-state index in [1.165, 1.54) is 27.9 Å². The third kappa shape index (κ3) is 27.3. The minimum absolute atomic E-state index is 0.0576. The number of azide groups is 3. The molecule has 40 atom stereocenters. The molecular weight excluding hydrogens is 1860 g/mol. The maximum atomic E-state index is 12.4. The van der Waals surface area contributed by atoms with Crippen molar-refractivity contribution < 1.29 is 200 Å². The van der Waals surface area contributed by atoms with E-state index in [2.05, 4.69) is 50.2 Å². The highest BCUT2D eigenvalue weighted by atomic mass is 32.3. The van der Waals surface area contributed by atoms with E-state index < -0.39 is 292 Å². The van der Waals surface area contributed by atoms with Crippen molar-refractivity contribution in [3.63, 3.8) is 0 Å². The summed E-state index contributed by atoms with van der Waals surface area (Å²) in [7, 11) is -8.87. The number of rotatable bonds is 46. The van der Waals surface area contributed by atoms with Gasteiger partial charge in [0.15, 0.2) is 74.7 Å². The summed E-state index contributed by atoms with van der Waals surface area (Å²) in [6, 6.07) is 30.9. The monoisotopic (exact) mass is 1980 g/mol. The van der Waals surface area contributed by atoms with E-state index in [1.807, 2.05) is 30.3 Å². The summed E-state index contributed by atoms with van der Waals surface area (Å²) in [5, 5.41) is 93.4. The zero-order chi connectivity index (χ0) is 97.7. The van der Waals surface area contributed by atoms with Gasteiger partial charge in [0.25, 0.3) is 0 Å². The van der Waals surface area contributed by atoms with Gasteiger partial charge in [-0.2, -0.15) is 36.4 Å². The molecule has 51 nitrogen and oxygen atoms in total. The van der Waals surface area contributed by atoms with Crippen molar-refractivity contribution in [2.75, 3.05) is 33.5 Å². The Labute approximate surface area is 781 Å². The van der Waals surface area contributed by atoms with Crippen LogP contribution in [-0.2, 0) is 190 Å². The van der Waals surface area contributed by atoms with Crippen LogP contribution in [0.5, 0.6) is 0 Å². The highest BCUT2D eigenvalue weighted by Crippen LogP contribution is 2.46. The van der Waals surface area contributed by atoms with Gasteiger partial charge in [-0.25, -0.2) is 29.4 Å². The minimum Gasteiger partial charge on any atom is -0.394 e. The van der Waals surface area contributed by atoms with Gasteiger partial charge in [-0.05, 0) is 90.2 Å². The lowest BCUT2D eigenvalue weighted by molar-refractivity contribution is -0.537. The van der Waals surface area contributed by atoms with E-state index in [9.17, 15) is 73.8 Å². The van der Waals surface area contributed by atoms with Gasteiger partial charge >= 0.3 is 20.8 Å². The molecule has 53 heteroatoms. The van der Waals surface area contributed by atoms with E-state index in [0.29, 0.717) is 16.7 Å².